The zero-order valence-electron chi connectivity index (χ0n) is 20.3. The van der Waals surface area contributed by atoms with Crippen LogP contribution in [0, 0.1) is 0 Å². The molecule has 0 N–H and O–H groups in total. The summed E-state index contributed by atoms with van der Waals surface area (Å²) in [4.78, 5) is 9.90. The van der Waals surface area contributed by atoms with Gasteiger partial charge in [-0.1, -0.05) is 18.3 Å². The lowest BCUT2D eigenvalue weighted by molar-refractivity contribution is 0.246. The molecule has 1 aromatic carbocycles. The Morgan fingerprint density at radius 2 is 1.50 bits per heavy atom. The minimum atomic E-state index is 0.904. The SMILES string of the molecule is CCCN1CCN(c2nnc(-n3cccc3CN3CCN(c4ccc(OC)cc4)CC3)s2)CC1. The third-order valence-electron chi connectivity index (χ3n) is 6.82. The molecule has 0 spiro atoms. The van der Waals surface area contributed by atoms with Crippen molar-refractivity contribution in [3.05, 3.63) is 48.3 Å². The van der Waals surface area contributed by atoms with Gasteiger partial charge in [0.1, 0.15) is 5.75 Å². The average molecular weight is 482 g/mol. The normalized spacial score (nSPS) is 17.9. The molecule has 0 radical (unpaired) electrons. The van der Waals surface area contributed by atoms with Crippen molar-refractivity contribution < 1.29 is 4.74 Å². The molecule has 2 fully saturated rings. The Bertz CT molecular complexity index is 1030. The van der Waals surface area contributed by atoms with Gasteiger partial charge in [-0.05, 0) is 49.4 Å². The monoisotopic (exact) mass is 481 g/mol. The Hall–Kier alpha value is -2.62. The van der Waals surface area contributed by atoms with Crippen LogP contribution in [0.25, 0.3) is 5.13 Å². The Labute approximate surface area is 206 Å². The zero-order chi connectivity index (χ0) is 23.3. The Balaban J connectivity index is 1.17. The summed E-state index contributed by atoms with van der Waals surface area (Å²) in [5, 5.41) is 11.1. The number of anilines is 2. The lowest BCUT2D eigenvalue weighted by Gasteiger charge is -2.36. The van der Waals surface area contributed by atoms with Crippen LogP contribution in [0.2, 0.25) is 0 Å². The van der Waals surface area contributed by atoms with E-state index in [1.165, 1.54) is 24.3 Å². The lowest BCUT2D eigenvalue weighted by atomic mass is 10.2. The van der Waals surface area contributed by atoms with Gasteiger partial charge in [-0.3, -0.25) is 14.4 Å². The highest BCUT2D eigenvalue weighted by Crippen LogP contribution is 2.26. The third kappa shape index (κ3) is 5.21. The molecule has 182 valence electrons. The third-order valence-corrected chi connectivity index (χ3v) is 7.80. The van der Waals surface area contributed by atoms with Gasteiger partial charge in [0.15, 0.2) is 0 Å². The first-order valence-corrected chi connectivity index (χ1v) is 13.1. The number of benzene rings is 1. The lowest BCUT2D eigenvalue weighted by Crippen LogP contribution is -2.46. The van der Waals surface area contributed by atoms with E-state index in [0.717, 1.165) is 74.9 Å². The highest BCUT2D eigenvalue weighted by molar-refractivity contribution is 7.17. The molecular formula is C25H35N7OS. The average Bonchev–Trinajstić information content (AvgIpc) is 3.55. The predicted molar refractivity (Wildman–Crippen MR) is 139 cm³/mol. The van der Waals surface area contributed by atoms with Crippen LogP contribution in [-0.2, 0) is 6.54 Å². The van der Waals surface area contributed by atoms with E-state index in [4.69, 9.17) is 4.74 Å². The first-order chi connectivity index (χ1) is 16.7. The summed E-state index contributed by atoms with van der Waals surface area (Å²) in [7, 11) is 1.71. The smallest absolute Gasteiger partial charge is 0.218 e. The van der Waals surface area contributed by atoms with Gasteiger partial charge >= 0.3 is 0 Å². The maximum atomic E-state index is 5.29. The quantitative estimate of drug-likeness (QED) is 0.490. The number of aromatic nitrogens is 3. The number of ether oxygens (including phenoxy) is 1. The summed E-state index contributed by atoms with van der Waals surface area (Å²) in [5.41, 5.74) is 2.54. The van der Waals surface area contributed by atoms with Gasteiger partial charge in [0, 0.05) is 76.5 Å². The van der Waals surface area contributed by atoms with Crippen molar-refractivity contribution in [2.24, 2.45) is 0 Å². The second-order valence-electron chi connectivity index (χ2n) is 9.03. The van der Waals surface area contributed by atoms with Crippen molar-refractivity contribution in [1.82, 2.24) is 24.6 Å². The molecule has 0 saturated carbocycles. The zero-order valence-corrected chi connectivity index (χ0v) is 21.1. The molecule has 0 aliphatic carbocycles. The second-order valence-corrected chi connectivity index (χ2v) is 9.96. The van der Waals surface area contributed by atoms with Crippen molar-refractivity contribution in [1.29, 1.82) is 0 Å². The van der Waals surface area contributed by atoms with E-state index >= 15 is 0 Å². The van der Waals surface area contributed by atoms with Gasteiger partial charge in [0.2, 0.25) is 10.3 Å². The van der Waals surface area contributed by atoms with E-state index in [1.807, 2.05) is 12.1 Å². The van der Waals surface area contributed by atoms with Crippen LogP contribution in [0.5, 0.6) is 5.75 Å². The first kappa shape index (κ1) is 23.1. The van der Waals surface area contributed by atoms with E-state index < -0.39 is 0 Å². The standard InChI is InChI=1S/C25H35N7OS/c1-3-10-28-12-18-31(19-13-28)24-26-27-25(34-24)32-11-4-5-22(32)20-29-14-16-30(17-15-29)21-6-8-23(33-2)9-7-21/h4-9,11H,3,10,12-20H2,1-2H3. The fraction of sp³-hybridized carbons (Fsp3) is 0.520. The van der Waals surface area contributed by atoms with Crippen LogP contribution in [0.15, 0.2) is 42.6 Å². The molecule has 4 heterocycles. The minimum absolute atomic E-state index is 0.904. The van der Waals surface area contributed by atoms with E-state index in [9.17, 15) is 0 Å². The molecule has 2 aliphatic heterocycles. The number of rotatable bonds is 8. The topological polar surface area (TPSA) is 52.9 Å². The fourth-order valence-electron chi connectivity index (χ4n) is 4.83. The fourth-order valence-corrected chi connectivity index (χ4v) is 5.74. The molecule has 2 aliphatic rings. The molecule has 9 heteroatoms. The van der Waals surface area contributed by atoms with Crippen LogP contribution in [0.4, 0.5) is 10.8 Å². The highest BCUT2D eigenvalue weighted by Gasteiger charge is 2.22. The summed E-state index contributed by atoms with van der Waals surface area (Å²) in [5.74, 6) is 0.904. The van der Waals surface area contributed by atoms with Crippen LogP contribution in [-0.4, -0.2) is 90.6 Å². The first-order valence-electron chi connectivity index (χ1n) is 12.3. The van der Waals surface area contributed by atoms with Crippen molar-refractivity contribution >= 4 is 22.2 Å². The number of hydrogen-bond acceptors (Lipinski definition) is 8. The molecule has 34 heavy (non-hydrogen) atoms. The Kier molecular flexibility index (Phi) is 7.32. The van der Waals surface area contributed by atoms with E-state index in [1.54, 1.807) is 18.4 Å². The van der Waals surface area contributed by atoms with Crippen molar-refractivity contribution in [3.8, 4) is 10.9 Å². The van der Waals surface area contributed by atoms with Crippen molar-refractivity contribution in [2.75, 3.05) is 75.8 Å². The Morgan fingerprint density at radius 3 is 2.21 bits per heavy atom. The largest absolute Gasteiger partial charge is 0.497 e. The van der Waals surface area contributed by atoms with Gasteiger partial charge in [0.05, 0.1) is 7.11 Å². The van der Waals surface area contributed by atoms with Crippen LogP contribution in [0.1, 0.15) is 19.0 Å². The van der Waals surface area contributed by atoms with Gasteiger partial charge < -0.3 is 14.5 Å². The minimum Gasteiger partial charge on any atom is -0.497 e. The summed E-state index contributed by atoms with van der Waals surface area (Å²) < 4.78 is 7.50. The summed E-state index contributed by atoms with van der Waals surface area (Å²) >= 11 is 1.70. The van der Waals surface area contributed by atoms with Gasteiger partial charge in [-0.15, -0.1) is 10.2 Å². The molecular weight excluding hydrogens is 446 g/mol. The van der Waals surface area contributed by atoms with Gasteiger partial charge in [-0.2, -0.15) is 0 Å². The van der Waals surface area contributed by atoms with E-state index in [2.05, 4.69) is 71.8 Å². The van der Waals surface area contributed by atoms with Crippen molar-refractivity contribution in [3.63, 3.8) is 0 Å². The van der Waals surface area contributed by atoms with Crippen LogP contribution < -0.4 is 14.5 Å². The van der Waals surface area contributed by atoms with Gasteiger partial charge in [0.25, 0.3) is 0 Å². The van der Waals surface area contributed by atoms with Gasteiger partial charge in [-0.25, -0.2) is 0 Å². The molecule has 0 amide bonds. The Morgan fingerprint density at radius 1 is 0.824 bits per heavy atom. The van der Waals surface area contributed by atoms with E-state index in [0.29, 0.717) is 0 Å². The maximum Gasteiger partial charge on any atom is 0.218 e. The van der Waals surface area contributed by atoms with Crippen LogP contribution >= 0.6 is 11.3 Å². The molecule has 2 saturated heterocycles. The summed E-state index contributed by atoms with van der Waals surface area (Å²) in [6, 6.07) is 12.7. The number of hydrogen-bond donors (Lipinski definition) is 0. The highest BCUT2D eigenvalue weighted by atomic mass is 32.1. The molecule has 5 rings (SSSR count). The molecule has 0 bridgehead atoms. The molecule has 0 atom stereocenters. The number of methoxy groups -OCH3 is 1. The summed E-state index contributed by atoms with van der Waals surface area (Å²) in [6.07, 6.45) is 3.34. The predicted octanol–water partition coefficient (Wildman–Crippen LogP) is 3.19. The second kappa shape index (κ2) is 10.8. The van der Waals surface area contributed by atoms with E-state index in [-0.39, 0.29) is 0 Å². The molecule has 3 aromatic rings. The van der Waals surface area contributed by atoms with Crippen LogP contribution in [0.3, 0.4) is 0 Å². The molecule has 0 unspecified atom stereocenters. The number of piperazine rings is 2. The molecule has 2 aromatic heterocycles. The summed E-state index contributed by atoms with van der Waals surface area (Å²) in [6.45, 7) is 12.8. The number of nitrogens with zero attached hydrogens (tertiary/aromatic N) is 7. The maximum absolute atomic E-state index is 5.29. The van der Waals surface area contributed by atoms with Crippen molar-refractivity contribution in [2.45, 2.75) is 19.9 Å². The molecule has 8 nitrogen and oxygen atoms in total.